The minimum atomic E-state index is -0.281. The highest BCUT2D eigenvalue weighted by Crippen LogP contribution is 2.40. The van der Waals surface area contributed by atoms with Gasteiger partial charge in [0.25, 0.3) is 11.8 Å². The Kier molecular flexibility index (Phi) is 5.00. The van der Waals surface area contributed by atoms with E-state index < -0.39 is 0 Å². The van der Waals surface area contributed by atoms with E-state index in [1.165, 1.54) is 4.90 Å². The fourth-order valence-corrected chi connectivity index (χ4v) is 4.73. The van der Waals surface area contributed by atoms with E-state index in [1.54, 1.807) is 12.3 Å². The third kappa shape index (κ3) is 3.52. The molecule has 0 unspecified atom stereocenters. The van der Waals surface area contributed by atoms with Gasteiger partial charge in [0.1, 0.15) is 0 Å². The summed E-state index contributed by atoms with van der Waals surface area (Å²) in [7, 11) is 3.85. The van der Waals surface area contributed by atoms with Gasteiger partial charge in [0, 0.05) is 35.6 Å². The summed E-state index contributed by atoms with van der Waals surface area (Å²) >= 11 is 0. The molecule has 2 aliphatic heterocycles. The molecule has 0 saturated carbocycles. The fourth-order valence-electron chi connectivity index (χ4n) is 4.73. The highest BCUT2D eigenvalue weighted by Gasteiger charge is 2.34. The standard InChI is InChI=1S/C28H23N3O4/c1-30(2)11-12-31-27(32)20-7-3-5-18-14-19-6-4-8-21(25(19)26(24(18)20)28(31)33)29-15-17-9-10-22-23(13-17)35-16-34-22/h3-10,13-15H,11-12,16H2,1-2H3/b29-15+. The van der Waals surface area contributed by atoms with E-state index in [-0.39, 0.29) is 18.6 Å². The first-order valence-electron chi connectivity index (χ1n) is 11.4. The maximum absolute atomic E-state index is 13.8. The summed E-state index contributed by atoms with van der Waals surface area (Å²) in [6, 6.07) is 19.1. The second-order valence-corrected chi connectivity index (χ2v) is 8.97. The van der Waals surface area contributed by atoms with Gasteiger partial charge >= 0.3 is 0 Å². The van der Waals surface area contributed by atoms with E-state index >= 15 is 0 Å². The zero-order valence-corrected chi connectivity index (χ0v) is 19.4. The molecule has 0 bridgehead atoms. The molecular formula is C28H23N3O4. The van der Waals surface area contributed by atoms with Gasteiger partial charge in [-0.3, -0.25) is 19.5 Å². The predicted octanol–water partition coefficient (Wildman–Crippen LogP) is 4.63. The van der Waals surface area contributed by atoms with Gasteiger partial charge in [-0.25, -0.2) is 0 Å². The van der Waals surface area contributed by atoms with Crippen molar-refractivity contribution in [1.82, 2.24) is 9.80 Å². The van der Waals surface area contributed by atoms with E-state index in [0.29, 0.717) is 46.8 Å². The number of amides is 2. The first-order valence-corrected chi connectivity index (χ1v) is 11.4. The van der Waals surface area contributed by atoms with Crippen molar-refractivity contribution < 1.29 is 19.1 Å². The van der Waals surface area contributed by atoms with Crippen LogP contribution in [0, 0.1) is 0 Å². The van der Waals surface area contributed by atoms with Gasteiger partial charge in [0.15, 0.2) is 11.5 Å². The largest absolute Gasteiger partial charge is 0.454 e. The normalized spacial score (nSPS) is 14.8. The maximum atomic E-state index is 13.8. The molecule has 0 spiro atoms. The summed E-state index contributed by atoms with van der Waals surface area (Å²) in [5.41, 5.74) is 2.61. The second-order valence-electron chi connectivity index (χ2n) is 8.97. The van der Waals surface area contributed by atoms with Crippen LogP contribution < -0.4 is 9.47 Å². The van der Waals surface area contributed by atoms with E-state index in [4.69, 9.17) is 14.5 Å². The van der Waals surface area contributed by atoms with Crippen molar-refractivity contribution in [2.45, 2.75) is 0 Å². The highest BCUT2D eigenvalue weighted by molar-refractivity contribution is 6.31. The molecule has 174 valence electrons. The van der Waals surface area contributed by atoms with Crippen molar-refractivity contribution in [2.75, 3.05) is 34.0 Å². The number of ether oxygens (including phenoxy) is 2. The third-order valence-electron chi connectivity index (χ3n) is 6.44. The SMILES string of the molecule is CN(C)CCN1C(=O)c2cccc3cc4cccc(/N=C/c5ccc6c(c5)OCO6)c4c(c23)C1=O. The lowest BCUT2D eigenvalue weighted by molar-refractivity contribution is 0.0602. The van der Waals surface area contributed by atoms with Crippen molar-refractivity contribution in [2.24, 2.45) is 4.99 Å². The van der Waals surface area contributed by atoms with E-state index in [0.717, 1.165) is 21.7 Å². The summed E-state index contributed by atoms with van der Waals surface area (Å²) < 4.78 is 10.9. The zero-order chi connectivity index (χ0) is 24.1. The van der Waals surface area contributed by atoms with Crippen LogP contribution in [0.2, 0.25) is 0 Å². The molecule has 0 N–H and O–H groups in total. The smallest absolute Gasteiger partial charge is 0.262 e. The van der Waals surface area contributed by atoms with Crippen LogP contribution in [-0.2, 0) is 0 Å². The van der Waals surface area contributed by atoms with Crippen LogP contribution in [0.5, 0.6) is 11.5 Å². The third-order valence-corrected chi connectivity index (χ3v) is 6.44. The van der Waals surface area contributed by atoms with Crippen molar-refractivity contribution in [3.05, 3.63) is 77.4 Å². The first kappa shape index (κ1) is 21.3. The summed E-state index contributed by atoms with van der Waals surface area (Å²) in [5.74, 6) is 0.860. The summed E-state index contributed by atoms with van der Waals surface area (Å²) in [6.07, 6.45) is 1.75. The summed E-state index contributed by atoms with van der Waals surface area (Å²) in [4.78, 5) is 35.2. The molecular weight excluding hydrogens is 442 g/mol. The number of likely N-dealkylation sites (N-methyl/N-ethyl adjacent to an activating group) is 1. The van der Waals surface area contributed by atoms with Crippen molar-refractivity contribution in [1.29, 1.82) is 0 Å². The number of fused-ring (bicyclic) bond motifs is 3. The van der Waals surface area contributed by atoms with E-state index in [9.17, 15) is 9.59 Å². The monoisotopic (exact) mass is 465 g/mol. The van der Waals surface area contributed by atoms with Crippen molar-refractivity contribution in [3.63, 3.8) is 0 Å². The van der Waals surface area contributed by atoms with Crippen LogP contribution in [0.25, 0.3) is 21.5 Å². The molecule has 0 radical (unpaired) electrons. The molecule has 4 aromatic rings. The topological polar surface area (TPSA) is 71.4 Å². The molecule has 4 aromatic carbocycles. The number of rotatable bonds is 5. The van der Waals surface area contributed by atoms with Gasteiger partial charge in [-0.15, -0.1) is 0 Å². The lowest BCUT2D eigenvalue weighted by Gasteiger charge is -2.29. The molecule has 2 heterocycles. The molecule has 0 aliphatic carbocycles. The Morgan fingerprint density at radius 3 is 2.51 bits per heavy atom. The Bertz CT molecular complexity index is 1560. The van der Waals surface area contributed by atoms with Gasteiger partial charge in [0.05, 0.1) is 11.3 Å². The molecule has 2 aliphatic rings. The number of nitrogens with zero attached hydrogens (tertiary/aromatic N) is 3. The molecule has 7 heteroatoms. The number of carbonyl (C=O) groups excluding carboxylic acids is 2. The molecule has 7 nitrogen and oxygen atoms in total. The molecule has 0 atom stereocenters. The maximum Gasteiger partial charge on any atom is 0.262 e. The average Bonchev–Trinajstić information content (AvgIpc) is 3.32. The lowest BCUT2D eigenvalue weighted by atomic mass is 9.89. The Hall–Kier alpha value is -4.23. The Morgan fingerprint density at radius 2 is 1.69 bits per heavy atom. The Balaban J connectivity index is 1.53. The van der Waals surface area contributed by atoms with Gasteiger partial charge in [0.2, 0.25) is 6.79 Å². The number of hydrogen-bond donors (Lipinski definition) is 0. The van der Waals surface area contributed by atoms with Crippen LogP contribution in [0.15, 0.2) is 65.7 Å². The van der Waals surface area contributed by atoms with Crippen LogP contribution in [0.1, 0.15) is 26.3 Å². The van der Waals surface area contributed by atoms with Crippen LogP contribution in [-0.4, -0.2) is 61.8 Å². The minimum Gasteiger partial charge on any atom is -0.454 e. The lowest BCUT2D eigenvalue weighted by Crippen LogP contribution is -2.43. The van der Waals surface area contributed by atoms with E-state index in [2.05, 4.69) is 0 Å². The molecule has 0 saturated heterocycles. The molecule has 6 rings (SSSR count). The molecule has 0 fully saturated rings. The molecule has 2 amide bonds. The van der Waals surface area contributed by atoms with Crippen molar-refractivity contribution in [3.8, 4) is 11.5 Å². The minimum absolute atomic E-state index is 0.211. The number of aliphatic imine (C=N–C) groups is 1. The second kappa shape index (κ2) is 8.21. The number of carbonyl (C=O) groups is 2. The summed E-state index contributed by atoms with van der Waals surface area (Å²) in [6.45, 7) is 1.12. The van der Waals surface area contributed by atoms with Crippen molar-refractivity contribution >= 4 is 45.3 Å². The van der Waals surface area contributed by atoms with Gasteiger partial charge < -0.3 is 14.4 Å². The van der Waals surface area contributed by atoms with Gasteiger partial charge in [-0.05, 0) is 66.8 Å². The first-order chi connectivity index (χ1) is 17.0. The Labute approximate surface area is 202 Å². The van der Waals surface area contributed by atoms with Gasteiger partial charge in [-0.2, -0.15) is 0 Å². The van der Waals surface area contributed by atoms with Crippen LogP contribution >= 0.6 is 0 Å². The average molecular weight is 466 g/mol. The predicted molar refractivity (Wildman–Crippen MR) is 135 cm³/mol. The highest BCUT2D eigenvalue weighted by atomic mass is 16.7. The Morgan fingerprint density at radius 1 is 0.914 bits per heavy atom. The van der Waals surface area contributed by atoms with Crippen LogP contribution in [0.4, 0.5) is 5.69 Å². The van der Waals surface area contributed by atoms with Gasteiger partial charge in [-0.1, -0.05) is 24.3 Å². The van der Waals surface area contributed by atoms with E-state index in [1.807, 2.05) is 73.6 Å². The molecule has 35 heavy (non-hydrogen) atoms. The van der Waals surface area contributed by atoms with Crippen LogP contribution in [0.3, 0.4) is 0 Å². The number of imide groups is 1. The number of benzene rings is 4. The quantitative estimate of drug-likeness (QED) is 0.244. The zero-order valence-electron chi connectivity index (χ0n) is 19.4. The molecule has 0 aromatic heterocycles. The fraction of sp³-hybridized carbons (Fsp3) is 0.179. The number of hydrogen-bond acceptors (Lipinski definition) is 6. The summed E-state index contributed by atoms with van der Waals surface area (Å²) in [5, 5.41) is 3.22.